The quantitative estimate of drug-likeness (QED) is 0.865. The first-order valence-corrected chi connectivity index (χ1v) is 5.71. The molecular formula is C10H13N3OS. The Morgan fingerprint density at radius 3 is 3.00 bits per heavy atom. The van der Waals surface area contributed by atoms with E-state index in [-0.39, 0.29) is 6.04 Å². The molecule has 0 fully saturated rings. The number of hydrogen-bond acceptors (Lipinski definition) is 5. The number of nitrogens with zero attached hydrogens (tertiary/aromatic N) is 2. The average molecular weight is 223 g/mol. The smallest absolute Gasteiger partial charge is 0.183 e. The van der Waals surface area contributed by atoms with Crippen molar-refractivity contribution in [1.29, 1.82) is 0 Å². The first kappa shape index (κ1) is 10.3. The summed E-state index contributed by atoms with van der Waals surface area (Å²) in [6.07, 6.45) is 2.65. The van der Waals surface area contributed by atoms with Crippen LogP contribution in [0.25, 0.3) is 10.8 Å². The molecule has 2 aromatic rings. The highest BCUT2D eigenvalue weighted by atomic mass is 32.1. The zero-order chi connectivity index (χ0) is 10.7. The lowest BCUT2D eigenvalue weighted by Gasteiger charge is -2.07. The van der Waals surface area contributed by atoms with Crippen molar-refractivity contribution in [1.82, 2.24) is 15.5 Å². The van der Waals surface area contributed by atoms with E-state index in [1.54, 1.807) is 17.6 Å². The maximum atomic E-state index is 5.27. The summed E-state index contributed by atoms with van der Waals surface area (Å²) in [5.74, 6) is 0.782. The van der Waals surface area contributed by atoms with Gasteiger partial charge in [-0.3, -0.25) is 0 Å². The molecule has 0 radical (unpaired) electrons. The van der Waals surface area contributed by atoms with Crippen LogP contribution in [-0.4, -0.2) is 17.2 Å². The fourth-order valence-electron chi connectivity index (χ4n) is 1.38. The third-order valence-electron chi connectivity index (χ3n) is 2.23. The number of nitrogens with one attached hydrogen (secondary N) is 1. The monoisotopic (exact) mass is 223 g/mol. The van der Waals surface area contributed by atoms with Crippen molar-refractivity contribution < 1.29 is 4.42 Å². The van der Waals surface area contributed by atoms with E-state index in [4.69, 9.17) is 4.42 Å². The molecule has 1 unspecified atom stereocenters. The Morgan fingerprint density at radius 1 is 1.53 bits per heavy atom. The minimum Gasteiger partial charge on any atom is -0.462 e. The highest BCUT2D eigenvalue weighted by Gasteiger charge is 2.14. The van der Waals surface area contributed by atoms with E-state index in [1.807, 2.05) is 19.2 Å². The zero-order valence-corrected chi connectivity index (χ0v) is 9.54. The Morgan fingerprint density at radius 2 is 2.40 bits per heavy atom. The van der Waals surface area contributed by atoms with Gasteiger partial charge in [0.15, 0.2) is 10.8 Å². The molecule has 15 heavy (non-hydrogen) atoms. The summed E-state index contributed by atoms with van der Waals surface area (Å²) < 4.78 is 5.27. The molecule has 0 aromatic carbocycles. The molecule has 1 N–H and O–H groups in total. The van der Waals surface area contributed by atoms with Crippen LogP contribution >= 0.6 is 11.3 Å². The summed E-state index contributed by atoms with van der Waals surface area (Å²) in [6, 6.07) is 4.03. The highest BCUT2D eigenvalue weighted by Crippen LogP contribution is 2.27. The zero-order valence-electron chi connectivity index (χ0n) is 8.73. The van der Waals surface area contributed by atoms with E-state index in [2.05, 4.69) is 22.4 Å². The molecule has 2 aromatic heterocycles. The van der Waals surface area contributed by atoms with Gasteiger partial charge in [0.2, 0.25) is 0 Å². The van der Waals surface area contributed by atoms with Crippen LogP contribution in [0, 0.1) is 0 Å². The van der Waals surface area contributed by atoms with Crippen LogP contribution in [0.2, 0.25) is 0 Å². The van der Waals surface area contributed by atoms with Crippen molar-refractivity contribution in [3.63, 3.8) is 0 Å². The van der Waals surface area contributed by atoms with Crippen LogP contribution in [0.4, 0.5) is 0 Å². The summed E-state index contributed by atoms with van der Waals surface area (Å²) in [5.41, 5.74) is 0. The standard InChI is InChI=1S/C10H13N3OS/c1-3-7(11-2)9-12-13-10(15-9)8-5-4-6-14-8/h4-7,11H,3H2,1-2H3. The van der Waals surface area contributed by atoms with E-state index in [9.17, 15) is 0 Å². The van der Waals surface area contributed by atoms with Crippen LogP contribution in [0.5, 0.6) is 0 Å². The van der Waals surface area contributed by atoms with E-state index in [0.717, 1.165) is 22.2 Å². The van der Waals surface area contributed by atoms with E-state index >= 15 is 0 Å². The molecule has 2 heterocycles. The Bertz CT molecular complexity index is 406. The molecule has 0 amide bonds. The molecule has 80 valence electrons. The highest BCUT2D eigenvalue weighted by molar-refractivity contribution is 7.14. The maximum absolute atomic E-state index is 5.27. The van der Waals surface area contributed by atoms with Crippen molar-refractivity contribution in [2.75, 3.05) is 7.05 Å². The molecule has 0 bridgehead atoms. The van der Waals surface area contributed by atoms with Gasteiger partial charge in [-0.25, -0.2) is 0 Å². The van der Waals surface area contributed by atoms with Gasteiger partial charge in [-0.1, -0.05) is 18.3 Å². The Kier molecular flexibility index (Phi) is 3.13. The Balaban J connectivity index is 2.24. The van der Waals surface area contributed by atoms with Gasteiger partial charge in [0.05, 0.1) is 12.3 Å². The van der Waals surface area contributed by atoms with Crippen LogP contribution in [-0.2, 0) is 0 Å². The van der Waals surface area contributed by atoms with Gasteiger partial charge in [0.25, 0.3) is 0 Å². The molecule has 2 rings (SSSR count). The van der Waals surface area contributed by atoms with Crippen molar-refractivity contribution >= 4 is 11.3 Å². The van der Waals surface area contributed by atoms with Crippen molar-refractivity contribution in [2.45, 2.75) is 19.4 Å². The molecule has 1 atom stereocenters. The van der Waals surface area contributed by atoms with Gasteiger partial charge in [-0.15, -0.1) is 10.2 Å². The Hall–Kier alpha value is -1.20. The third kappa shape index (κ3) is 2.08. The van der Waals surface area contributed by atoms with Gasteiger partial charge in [0.1, 0.15) is 5.01 Å². The lowest BCUT2D eigenvalue weighted by Crippen LogP contribution is -2.14. The minimum atomic E-state index is 0.284. The second-order valence-corrected chi connectivity index (χ2v) is 4.18. The second-order valence-electron chi connectivity index (χ2n) is 3.17. The Labute approximate surface area is 92.3 Å². The predicted octanol–water partition coefficient (Wildman–Crippen LogP) is 2.47. The van der Waals surface area contributed by atoms with Gasteiger partial charge >= 0.3 is 0 Å². The molecule has 4 nitrogen and oxygen atoms in total. The molecular weight excluding hydrogens is 210 g/mol. The first-order chi connectivity index (χ1) is 7.35. The topological polar surface area (TPSA) is 51.0 Å². The van der Waals surface area contributed by atoms with Crippen molar-refractivity contribution in [2.24, 2.45) is 0 Å². The first-order valence-electron chi connectivity index (χ1n) is 4.89. The largest absolute Gasteiger partial charge is 0.462 e. The fourth-order valence-corrected chi connectivity index (χ4v) is 2.38. The summed E-state index contributed by atoms with van der Waals surface area (Å²) in [5, 5.41) is 13.3. The number of rotatable bonds is 4. The lowest BCUT2D eigenvalue weighted by atomic mass is 10.2. The molecule has 5 heteroatoms. The van der Waals surface area contributed by atoms with E-state index in [0.29, 0.717) is 0 Å². The van der Waals surface area contributed by atoms with Gasteiger partial charge in [0, 0.05) is 0 Å². The molecule has 0 aliphatic heterocycles. The maximum Gasteiger partial charge on any atom is 0.183 e. The van der Waals surface area contributed by atoms with Crippen LogP contribution in [0.1, 0.15) is 24.4 Å². The SMILES string of the molecule is CCC(NC)c1nnc(-c2ccco2)s1. The van der Waals surface area contributed by atoms with Crippen molar-refractivity contribution in [3.8, 4) is 10.8 Å². The molecule has 0 aliphatic rings. The number of furan rings is 1. The molecule has 0 saturated heterocycles. The second kappa shape index (κ2) is 4.55. The summed E-state index contributed by atoms with van der Waals surface area (Å²) >= 11 is 1.57. The normalized spacial score (nSPS) is 12.9. The molecule has 0 aliphatic carbocycles. The molecule has 0 saturated carbocycles. The van der Waals surface area contributed by atoms with E-state index < -0.39 is 0 Å². The summed E-state index contributed by atoms with van der Waals surface area (Å²) in [7, 11) is 1.93. The van der Waals surface area contributed by atoms with E-state index in [1.165, 1.54) is 0 Å². The predicted molar refractivity (Wildman–Crippen MR) is 59.7 cm³/mol. The van der Waals surface area contributed by atoms with Gasteiger partial charge in [-0.05, 0) is 25.6 Å². The molecule has 0 spiro atoms. The average Bonchev–Trinajstić information content (AvgIpc) is 2.89. The fraction of sp³-hybridized carbons (Fsp3) is 0.400. The third-order valence-corrected chi connectivity index (χ3v) is 3.28. The lowest BCUT2D eigenvalue weighted by molar-refractivity contribution is 0.567. The summed E-state index contributed by atoms with van der Waals surface area (Å²) in [4.78, 5) is 0. The van der Waals surface area contributed by atoms with Gasteiger partial charge in [-0.2, -0.15) is 0 Å². The number of aromatic nitrogens is 2. The van der Waals surface area contributed by atoms with Crippen molar-refractivity contribution in [3.05, 3.63) is 23.4 Å². The summed E-state index contributed by atoms with van der Waals surface area (Å²) in [6.45, 7) is 2.12. The minimum absolute atomic E-state index is 0.284. The van der Waals surface area contributed by atoms with Crippen LogP contribution in [0.3, 0.4) is 0 Å². The number of hydrogen-bond donors (Lipinski definition) is 1. The van der Waals surface area contributed by atoms with Crippen LogP contribution in [0.15, 0.2) is 22.8 Å². The van der Waals surface area contributed by atoms with Gasteiger partial charge < -0.3 is 9.73 Å². The van der Waals surface area contributed by atoms with Crippen LogP contribution < -0.4 is 5.32 Å².